The lowest BCUT2D eigenvalue weighted by molar-refractivity contribution is -0.184. The summed E-state index contributed by atoms with van der Waals surface area (Å²) in [6.45, 7) is 0.305. The Morgan fingerprint density at radius 1 is 1.16 bits per heavy atom. The van der Waals surface area contributed by atoms with Crippen LogP contribution in [0.25, 0.3) is 11.1 Å². The molecule has 1 heterocycles. The van der Waals surface area contributed by atoms with Gasteiger partial charge in [-0.2, -0.15) is 18.3 Å². The molecule has 0 bridgehead atoms. The Balaban J connectivity index is 1.42. The zero-order valence-corrected chi connectivity index (χ0v) is 17.6. The molecule has 0 saturated heterocycles. The number of carboxylic acids is 1. The summed E-state index contributed by atoms with van der Waals surface area (Å²) in [5.41, 5.74) is 2.44. The molecule has 0 amide bonds. The van der Waals surface area contributed by atoms with Crippen LogP contribution in [0.4, 0.5) is 13.2 Å². The summed E-state index contributed by atoms with van der Waals surface area (Å²) in [5, 5.41) is 17.2. The number of carbonyl (C=O) groups is 1. The molecule has 2 saturated carbocycles. The molecule has 6 nitrogen and oxygen atoms in total. The number of halogens is 3. The average molecular weight is 450 g/mol. The lowest BCUT2D eigenvalue weighted by atomic mass is 9.82. The minimum absolute atomic E-state index is 0.0643. The Hall–Kier alpha value is -2.84. The van der Waals surface area contributed by atoms with E-state index in [4.69, 9.17) is 9.47 Å². The lowest BCUT2D eigenvalue weighted by Crippen LogP contribution is -2.29. The van der Waals surface area contributed by atoms with Crippen molar-refractivity contribution in [2.24, 2.45) is 17.8 Å². The van der Waals surface area contributed by atoms with Crippen LogP contribution in [0, 0.1) is 17.8 Å². The molecule has 0 unspecified atom stereocenters. The van der Waals surface area contributed by atoms with E-state index in [2.05, 4.69) is 10.2 Å². The molecule has 2 aromatic rings. The first-order chi connectivity index (χ1) is 15.3. The van der Waals surface area contributed by atoms with Crippen LogP contribution in [0.5, 0.6) is 11.6 Å². The summed E-state index contributed by atoms with van der Waals surface area (Å²) in [4.78, 5) is 11.3. The van der Waals surface area contributed by atoms with E-state index in [0.717, 1.165) is 16.7 Å². The summed E-state index contributed by atoms with van der Waals surface area (Å²) < 4.78 is 49.6. The van der Waals surface area contributed by atoms with E-state index in [-0.39, 0.29) is 24.7 Å². The number of hydrogen-bond donors (Lipinski definition) is 1. The summed E-state index contributed by atoms with van der Waals surface area (Å²) in [5.74, 6) is -1.48. The number of carboxylic acid groups (broad SMARTS) is 1. The number of hydrogen-bond acceptors (Lipinski definition) is 5. The van der Waals surface area contributed by atoms with Gasteiger partial charge in [-0.3, -0.25) is 4.79 Å². The van der Waals surface area contributed by atoms with Crippen LogP contribution in [-0.4, -0.2) is 41.2 Å². The van der Waals surface area contributed by atoms with Crippen LogP contribution >= 0.6 is 0 Å². The number of methoxy groups -OCH3 is 1. The Kier molecular flexibility index (Phi) is 6.26. The SMILES string of the molecule is COc1ccc(-c2cnnc(OCC3CCC(C(F)(F)F)CC3)c2)cc1[C@H]1C[C@@H]1C(=O)O. The molecular formula is C23H25F3N2O4. The predicted octanol–water partition coefficient (Wildman–Crippen LogP) is 5.09. The molecule has 0 radical (unpaired) electrons. The Bertz CT molecular complexity index is 974. The maximum absolute atomic E-state index is 12.8. The third kappa shape index (κ3) is 4.97. The van der Waals surface area contributed by atoms with Crippen LogP contribution in [-0.2, 0) is 4.79 Å². The fourth-order valence-electron chi connectivity index (χ4n) is 4.45. The highest BCUT2D eigenvalue weighted by atomic mass is 19.4. The highest BCUT2D eigenvalue weighted by Gasteiger charge is 2.45. The minimum Gasteiger partial charge on any atom is -0.496 e. The van der Waals surface area contributed by atoms with Gasteiger partial charge in [-0.05, 0) is 61.3 Å². The number of alkyl halides is 3. The molecule has 2 atom stereocenters. The number of aliphatic carboxylic acids is 1. The van der Waals surface area contributed by atoms with Gasteiger partial charge in [0.1, 0.15) is 5.75 Å². The standard InChI is InChI=1S/C23H25F3N2O4/c1-31-20-7-4-14(8-18(20)17-10-19(17)22(29)30)15-9-21(28-27-11-15)32-12-13-2-5-16(6-3-13)23(24,25)26/h4,7-9,11,13,16-17,19H,2-3,5-6,10,12H2,1H3,(H,29,30)/t13?,16?,17-,19+/m1/s1. The molecule has 2 aliphatic carbocycles. The number of benzene rings is 1. The van der Waals surface area contributed by atoms with Crippen LogP contribution in [0.1, 0.15) is 43.6 Å². The maximum Gasteiger partial charge on any atom is 0.391 e. The molecule has 2 fully saturated rings. The fourth-order valence-corrected chi connectivity index (χ4v) is 4.45. The molecule has 172 valence electrons. The van der Waals surface area contributed by atoms with Crippen LogP contribution in [0.3, 0.4) is 0 Å². The van der Waals surface area contributed by atoms with Crippen molar-refractivity contribution in [1.29, 1.82) is 0 Å². The van der Waals surface area contributed by atoms with Crippen molar-refractivity contribution in [2.45, 2.75) is 44.2 Å². The van der Waals surface area contributed by atoms with Crippen LogP contribution in [0.15, 0.2) is 30.5 Å². The van der Waals surface area contributed by atoms with Gasteiger partial charge in [0, 0.05) is 17.5 Å². The normalized spacial score (nSPS) is 25.2. The molecule has 1 N–H and O–H groups in total. The van der Waals surface area contributed by atoms with Crippen molar-refractivity contribution < 1.29 is 32.5 Å². The molecule has 1 aromatic heterocycles. The number of aromatic nitrogens is 2. The van der Waals surface area contributed by atoms with Gasteiger partial charge >= 0.3 is 12.1 Å². The third-order valence-electron chi connectivity index (χ3n) is 6.48. The van der Waals surface area contributed by atoms with E-state index in [1.165, 1.54) is 0 Å². The quantitative estimate of drug-likeness (QED) is 0.633. The topological polar surface area (TPSA) is 81.5 Å². The van der Waals surface area contributed by atoms with Gasteiger partial charge < -0.3 is 14.6 Å². The summed E-state index contributed by atoms with van der Waals surface area (Å²) in [6.07, 6.45) is -0.722. The van der Waals surface area contributed by atoms with Crippen molar-refractivity contribution in [1.82, 2.24) is 10.2 Å². The van der Waals surface area contributed by atoms with Gasteiger partial charge in [-0.25, -0.2) is 0 Å². The molecular weight excluding hydrogens is 425 g/mol. The number of rotatable bonds is 7. The number of ether oxygens (including phenoxy) is 2. The van der Waals surface area contributed by atoms with Gasteiger partial charge in [0.2, 0.25) is 5.88 Å². The molecule has 0 spiro atoms. The van der Waals surface area contributed by atoms with Gasteiger partial charge in [0.15, 0.2) is 0 Å². The average Bonchev–Trinajstić information content (AvgIpc) is 3.58. The van der Waals surface area contributed by atoms with E-state index in [0.29, 0.717) is 37.5 Å². The minimum atomic E-state index is -4.12. The van der Waals surface area contributed by atoms with E-state index in [1.54, 1.807) is 19.4 Å². The van der Waals surface area contributed by atoms with E-state index in [1.807, 2.05) is 18.2 Å². The molecule has 32 heavy (non-hydrogen) atoms. The first-order valence-corrected chi connectivity index (χ1v) is 10.7. The smallest absolute Gasteiger partial charge is 0.391 e. The summed E-state index contributed by atoms with van der Waals surface area (Å²) >= 11 is 0. The van der Waals surface area contributed by atoms with E-state index >= 15 is 0 Å². The summed E-state index contributed by atoms with van der Waals surface area (Å²) in [7, 11) is 1.55. The largest absolute Gasteiger partial charge is 0.496 e. The lowest BCUT2D eigenvalue weighted by Gasteiger charge is -2.29. The second-order valence-electron chi connectivity index (χ2n) is 8.60. The van der Waals surface area contributed by atoms with Crippen LogP contribution < -0.4 is 9.47 Å². The van der Waals surface area contributed by atoms with Gasteiger partial charge in [-0.15, -0.1) is 5.10 Å². The Morgan fingerprint density at radius 2 is 1.91 bits per heavy atom. The highest BCUT2D eigenvalue weighted by molar-refractivity contribution is 5.76. The van der Waals surface area contributed by atoms with Gasteiger partial charge in [0.25, 0.3) is 0 Å². The zero-order chi connectivity index (χ0) is 22.9. The second-order valence-corrected chi connectivity index (χ2v) is 8.60. The van der Waals surface area contributed by atoms with Crippen molar-refractivity contribution in [3.8, 4) is 22.8 Å². The molecule has 0 aliphatic heterocycles. The molecule has 2 aliphatic rings. The van der Waals surface area contributed by atoms with Crippen molar-refractivity contribution in [3.05, 3.63) is 36.0 Å². The highest BCUT2D eigenvalue weighted by Crippen LogP contribution is 2.51. The van der Waals surface area contributed by atoms with Crippen molar-refractivity contribution >= 4 is 5.97 Å². The second kappa shape index (κ2) is 8.96. The third-order valence-corrected chi connectivity index (χ3v) is 6.48. The first kappa shape index (κ1) is 22.4. The summed E-state index contributed by atoms with van der Waals surface area (Å²) in [6, 6.07) is 7.31. The van der Waals surface area contributed by atoms with Gasteiger partial charge in [0.05, 0.1) is 31.7 Å². The maximum atomic E-state index is 12.8. The zero-order valence-electron chi connectivity index (χ0n) is 17.6. The predicted molar refractivity (Wildman–Crippen MR) is 110 cm³/mol. The Labute approximate surface area is 183 Å². The van der Waals surface area contributed by atoms with Gasteiger partial charge in [-0.1, -0.05) is 6.07 Å². The number of nitrogens with zero attached hydrogens (tertiary/aromatic N) is 2. The van der Waals surface area contributed by atoms with Crippen molar-refractivity contribution in [3.63, 3.8) is 0 Å². The van der Waals surface area contributed by atoms with Crippen molar-refractivity contribution in [2.75, 3.05) is 13.7 Å². The molecule has 1 aromatic carbocycles. The first-order valence-electron chi connectivity index (χ1n) is 10.7. The molecule has 9 heteroatoms. The Morgan fingerprint density at radius 3 is 2.53 bits per heavy atom. The fraction of sp³-hybridized carbons (Fsp3) is 0.522. The van der Waals surface area contributed by atoms with Crippen LogP contribution in [0.2, 0.25) is 0 Å². The monoisotopic (exact) mass is 450 g/mol. The van der Waals surface area contributed by atoms with E-state index in [9.17, 15) is 23.1 Å². The van der Waals surface area contributed by atoms with E-state index < -0.39 is 24.0 Å². The molecule has 4 rings (SSSR count).